The normalized spacial score (nSPS) is 11.0. The van der Waals surface area contributed by atoms with Crippen LogP contribution in [-0.4, -0.2) is 15.8 Å². The molecule has 0 aliphatic rings. The molecule has 0 saturated heterocycles. The number of aromatic amines is 1. The first-order valence-electron chi connectivity index (χ1n) is 5.21. The lowest BCUT2D eigenvalue weighted by molar-refractivity contribution is 0.746. The number of benzene rings is 1. The lowest BCUT2D eigenvalue weighted by Crippen LogP contribution is -2.35. The van der Waals surface area contributed by atoms with Crippen molar-refractivity contribution in [2.24, 2.45) is 12.0 Å². The van der Waals surface area contributed by atoms with Crippen LogP contribution in [0.15, 0.2) is 49.9 Å². The maximum Gasteiger partial charge on any atom is 0.328 e. The van der Waals surface area contributed by atoms with E-state index in [9.17, 15) is 9.59 Å². The summed E-state index contributed by atoms with van der Waals surface area (Å²) < 4.78 is 0.978. The Hall–Kier alpha value is -2.08. The van der Waals surface area contributed by atoms with Gasteiger partial charge in [0.2, 0.25) is 0 Å². The highest BCUT2D eigenvalue weighted by Gasteiger charge is 2.06. The van der Waals surface area contributed by atoms with E-state index in [1.807, 2.05) is 30.3 Å². The van der Waals surface area contributed by atoms with Crippen LogP contribution in [0.1, 0.15) is 5.56 Å². The fraction of sp³-hybridized carbons (Fsp3) is 0.0833. The van der Waals surface area contributed by atoms with Gasteiger partial charge in [0.1, 0.15) is 0 Å². The zero-order valence-corrected chi connectivity index (χ0v) is 10.5. The monoisotopic (exact) mass is 261 g/mol. The highest BCUT2D eigenvalue weighted by atomic mass is 32.1. The van der Waals surface area contributed by atoms with E-state index in [2.05, 4.69) is 22.6 Å². The molecule has 0 amide bonds. The van der Waals surface area contributed by atoms with Crippen LogP contribution in [0.5, 0.6) is 0 Å². The van der Waals surface area contributed by atoms with E-state index < -0.39 is 11.2 Å². The van der Waals surface area contributed by atoms with Crippen LogP contribution in [0.25, 0.3) is 0 Å². The van der Waals surface area contributed by atoms with Crippen molar-refractivity contribution in [1.82, 2.24) is 9.55 Å². The molecule has 92 valence electrons. The third-order valence-corrected chi connectivity index (χ3v) is 2.77. The number of hydrogen-bond donors (Lipinski definition) is 2. The summed E-state index contributed by atoms with van der Waals surface area (Å²) in [5.74, 6) is 0. The van der Waals surface area contributed by atoms with Gasteiger partial charge in [0.15, 0.2) is 0 Å². The van der Waals surface area contributed by atoms with Crippen molar-refractivity contribution >= 4 is 24.5 Å². The number of H-pyrrole nitrogens is 1. The number of aliphatic imine (C=N–C) groups is 1. The Labute approximate surface area is 108 Å². The molecular weight excluding hydrogens is 250 g/mol. The fourth-order valence-corrected chi connectivity index (χ4v) is 1.65. The predicted molar refractivity (Wildman–Crippen MR) is 73.3 cm³/mol. The van der Waals surface area contributed by atoms with Gasteiger partial charge in [-0.15, -0.1) is 12.6 Å². The second-order valence-electron chi connectivity index (χ2n) is 3.65. The lowest BCUT2D eigenvalue weighted by atomic mass is 10.3. The molecule has 0 atom stereocenters. The number of rotatable bonds is 2. The Balaban J connectivity index is 2.48. The summed E-state index contributed by atoms with van der Waals surface area (Å²) >= 11 is 4.07. The van der Waals surface area contributed by atoms with Crippen molar-refractivity contribution in [2.75, 3.05) is 0 Å². The van der Waals surface area contributed by atoms with Gasteiger partial charge in [-0.2, -0.15) is 0 Å². The summed E-state index contributed by atoms with van der Waals surface area (Å²) in [7, 11) is 1.40. The topological polar surface area (TPSA) is 67.2 Å². The standard InChI is InChI=1S/C12H11N3O2S/c1-15-11(16)9(10(18)14-12(15)17)7-13-8-5-3-2-4-6-8/h2-7,18H,1H3,(H,14,17). The van der Waals surface area contributed by atoms with Gasteiger partial charge in [-0.05, 0) is 12.1 Å². The molecule has 0 unspecified atom stereocenters. The van der Waals surface area contributed by atoms with Gasteiger partial charge in [-0.1, -0.05) is 18.2 Å². The molecule has 6 heteroatoms. The predicted octanol–water partition coefficient (Wildman–Crippen LogP) is 1.11. The summed E-state index contributed by atoms with van der Waals surface area (Å²) in [6.45, 7) is 0. The van der Waals surface area contributed by atoms with Crippen LogP contribution in [0.4, 0.5) is 5.69 Å². The average Bonchev–Trinajstić information content (AvgIpc) is 2.37. The van der Waals surface area contributed by atoms with E-state index in [-0.39, 0.29) is 10.6 Å². The molecule has 5 nitrogen and oxygen atoms in total. The SMILES string of the molecule is Cn1c(=O)[nH]c(S)c(C=Nc2ccccc2)c1=O. The van der Waals surface area contributed by atoms with E-state index in [1.54, 1.807) is 0 Å². The van der Waals surface area contributed by atoms with Crippen molar-refractivity contribution in [1.29, 1.82) is 0 Å². The largest absolute Gasteiger partial charge is 0.328 e. The molecule has 0 spiro atoms. The molecule has 1 N–H and O–H groups in total. The first-order chi connectivity index (χ1) is 8.59. The smallest absolute Gasteiger partial charge is 0.301 e. The Bertz CT molecular complexity index is 701. The molecule has 0 radical (unpaired) electrons. The Morgan fingerprint density at radius 1 is 1.28 bits per heavy atom. The third-order valence-electron chi connectivity index (χ3n) is 2.42. The van der Waals surface area contributed by atoms with Crippen LogP contribution >= 0.6 is 12.6 Å². The average molecular weight is 261 g/mol. The highest BCUT2D eigenvalue weighted by molar-refractivity contribution is 7.80. The van der Waals surface area contributed by atoms with E-state index >= 15 is 0 Å². The summed E-state index contributed by atoms with van der Waals surface area (Å²) in [6, 6.07) is 9.19. The van der Waals surface area contributed by atoms with Crippen molar-refractivity contribution in [3.05, 3.63) is 56.7 Å². The van der Waals surface area contributed by atoms with Crippen LogP contribution in [0, 0.1) is 0 Å². The quantitative estimate of drug-likeness (QED) is 0.483. The van der Waals surface area contributed by atoms with E-state index in [0.717, 1.165) is 10.3 Å². The van der Waals surface area contributed by atoms with Gasteiger partial charge in [0, 0.05) is 13.3 Å². The Morgan fingerprint density at radius 3 is 2.61 bits per heavy atom. The van der Waals surface area contributed by atoms with Crippen molar-refractivity contribution < 1.29 is 0 Å². The second-order valence-corrected chi connectivity index (χ2v) is 4.10. The summed E-state index contributed by atoms with van der Waals surface area (Å²) in [6.07, 6.45) is 1.40. The van der Waals surface area contributed by atoms with Gasteiger partial charge in [-0.25, -0.2) is 4.79 Å². The minimum atomic E-state index is -0.498. The van der Waals surface area contributed by atoms with Crippen molar-refractivity contribution in [3.63, 3.8) is 0 Å². The second kappa shape index (κ2) is 5.05. The fourth-order valence-electron chi connectivity index (χ4n) is 1.40. The number of thiol groups is 1. The minimum Gasteiger partial charge on any atom is -0.301 e. The Morgan fingerprint density at radius 2 is 1.94 bits per heavy atom. The molecule has 1 heterocycles. The van der Waals surface area contributed by atoms with E-state index in [4.69, 9.17) is 0 Å². The molecule has 1 aromatic heterocycles. The highest BCUT2D eigenvalue weighted by Crippen LogP contribution is 2.10. The number of nitrogens with one attached hydrogen (secondary N) is 1. The summed E-state index contributed by atoms with van der Waals surface area (Å²) in [5, 5.41) is 0.211. The van der Waals surface area contributed by atoms with Crippen LogP contribution < -0.4 is 11.2 Å². The van der Waals surface area contributed by atoms with Gasteiger partial charge < -0.3 is 4.98 Å². The van der Waals surface area contributed by atoms with E-state index in [0.29, 0.717) is 0 Å². The first-order valence-corrected chi connectivity index (χ1v) is 5.65. The van der Waals surface area contributed by atoms with Gasteiger partial charge in [-0.3, -0.25) is 14.4 Å². The molecular formula is C12H11N3O2S. The maximum atomic E-state index is 11.8. The molecule has 2 aromatic rings. The molecule has 0 aliphatic carbocycles. The zero-order chi connectivity index (χ0) is 13.1. The third kappa shape index (κ3) is 2.43. The van der Waals surface area contributed by atoms with Gasteiger partial charge in [0.05, 0.1) is 16.3 Å². The van der Waals surface area contributed by atoms with Crippen LogP contribution in [-0.2, 0) is 7.05 Å². The van der Waals surface area contributed by atoms with Crippen LogP contribution in [0.3, 0.4) is 0 Å². The number of para-hydroxylation sites is 1. The number of nitrogens with zero attached hydrogens (tertiary/aromatic N) is 2. The molecule has 0 saturated carbocycles. The lowest BCUT2D eigenvalue weighted by Gasteiger charge is -2.01. The summed E-state index contributed by atoms with van der Waals surface area (Å²) in [4.78, 5) is 29.8. The van der Waals surface area contributed by atoms with Gasteiger partial charge in [0.25, 0.3) is 5.56 Å². The zero-order valence-electron chi connectivity index (χ0n) is 9.62. The molecule has 18 heavy (non-hydrogen) atoms. The Kier molecular flexibility index (Phi) is 3.47. The maximum absolute atomic E-state index is 11.8. The molecule has 1 aromatic carbocycles. The van der Waals surface area contributed by atoms with Crippen molar-refractivity contribution in [2.45, 2.75) is 5.03 Å². The molecule has 0 bridgehead atoms. The summed E-state index contributed by atoms with van der Waals surface area (Å²) in [5.41, 5.74) is 0.0491. The van der Waals surface area contributed by atoms with Crippen molar-refractivity contribution in [3.8, 4) is 0 Å². The number of hydrogen-bond acceptors (Lipinski definition) is 4. The molecule has 0 aliphatic heterocycles. The van der Waals surface area contributed by atoms with E-state index in [1.165, 1.54) is 13.3 Å². The molecule has 2 rings (SSSR count). The molecule has 0 fully saturated rings. The van der Waals surface area contributed by atoms with Gasteiger partial charge >= 0.3 is 5.69 Å². The minimum absolute atomic E-state index is 0.211. The number of aromatic nitrogens is 2. The van der Waals surface area contributed by atoms with Crippen LogP contribution in [0.2, 0.25) is 0 Å². The first kappa shape index (κ1) is 12.4.